The van der Waals surface area contributed by atoms with Gasteiger partial charge in [-0.05, 0) is 29.8 Å². The lowest BCUT2D eigenvalue weighted by Gasteiger charge is -2.21. The molecule has 7 nitrogen and oxygen atoms in total. The first kappa shape index (κ1) is 20.3. The Balaban J connectivity index is 1.49. The fourth-order valence-corrected chi connectivity index (χ4v) is 3.23. The fraction of sp³-hybridized carbons (Fsp3) is 0.167. The Labute approximate surface area is 180 Å². The first-order valence-electron chi connectivity index (χ1n) is 9.91. The molecule has 0 saturated heterocycles. The Morgan fingerprint density at radius 3 is 2.61 bits per heavy atom. The molecule has 0 aliphatic rings. The predicted molar refractivity (Wildman–Crippen MR) is 115 cm³/mol. The topological polar surface area (TPSA) is 80.7 Å². The molecule has 2 heterocycles. The van der Waals surface area contributed by atoms with E-state index in [1.54, 1.807) is 24.3 Å². The van der Waals surface area contributed by atoms with E-state index < -0.39 is 0 Å². The number of ether oxygens (including phenoxy) is 1. The molecule has 158 valence electrons. The molecule has 0 unspecified atom stereocenters. The number of urea groups is 1. The molecule has 0 atom stereocenters. The number of carbonyl (C=O) groups is 1. The highest BCUT2D eigenvalue weighted by atomic mass is 16.5. The number of nitrogens with one attached hydrogen (secondary N) is 1. The van der Waals surface area contributed by atoms with Crippen molar-refractivity contribution in [2.75, 3.05) is 7.11 Å². The van der Waals surface area contributed by atoms with Gasteiger partial charge in [-0.2, -0.15) is 0 Å². The van der Waals surface area contributed by atoms with Crippen LogP contribution in [0.5, 0.6) is 5.75 Å². The van der Waals surface area contributed by atoms with Crippen LogP contribution in [0.4, 0.5) is 4.79 Å². The highest BCUT2D eigenvalue weighted by Gasteiger charge is 2.19. The smallest absolute Gasteiger partial charge is 0.318 e. The van der Waals surface area contributed by atoms with E-state index in [1.165, 1.54) is 0 Å². The number of benzene rings is 2. The van der Waals surface area contributed by atoms with Crippen LogP contribution in [0.2, 0.25) is 0 Å². The maximum atomic E-state index is 12.9. The van der Waals surface area contributed by atoms with Crippen molar-refractivity contribution in [3.63, 3.8) is 0 Å². The maximum absolute atomic E-state index is 12.9. The first-order chi connectivity index (χ1) is 15.2. The number of hydrogen-bond donors (Lipinski definition) is 1. The summed E-state index contributed by atoms with van der Waals surface area (Å²) in [4.78, 5) is 14.5. The second kappa shape index (κ2) is 9.67. The monoisotopic (exact) mass is 417 g/mol. The third kappa shape index (κ3) is 5.14. The molecule has 0 aliphatic carbocycles. The molecule has 4 aromatic rings. The van der Waals surface area contributed by atoms with Gasteiger partial charge < -0.3 is 23.9 Å². The predicted octanol–water partition coefficient (Wildman–Crippen LogP) is 4.86. The zero-order valence-corrected chi connectivity index (χ0v) is 17.2. The first-order valence-corrected chi connectivity index (χ1v) is 9.91. The van der Waals surface area contributed by atoms with Crippen molar-refractivity contribution in [2.24, 2.45) is 0 Å². The number of para-hydroxylation sites is 1. The Kier molecular flexibility index (Phi) is 6.32. The van der Waals surface area contributed by atoms with E-state index in [0.29, 0.717) is 36.1 Å². The SMILES string of the molecule is COc1ccccc1-c1cc(CN(Cc2ccco2)C(=O)NCc2ccccc2)no1. The Morgan fingerprint density at radius 1 is 1.03 bits per heavy atom. The summed E-state index contributed by atoms with van der Waals surface area (Å²) in [5, 5.41) is 7.11. The van der Waals surface area contributed by atoms with Gasteiger partial charge in [0.05, 0.1) is 32.0 Å². The van der Waals surface area contributed by atoms with Crippen molar-refractivity contribution >= 4 is 6.03 Å². The molecule has 0 fully saturated rings. The minimum absolute atomic E-state index is 0.220. The van der Waals surface area contributed by atoms with Crippen LogP contribution in [0.25, 0.3) is 11.3 Å². The molecular weight excluding hydrogens is 394 g/mol. The van der Waals surface area contributed by atoms with Gasteiger partial charge in [-0.1, -0.05) is 47.6 Å². The van der Waals surface area contributed by atoms with Gasteiger partial charge in [-0.25, -0.2) is 4.79 Å². The average molecular weight is 417 g/mol. The third-order valence-corrected chi connectivity index (χ3v) is 4.78. The summed E-state index contributed by atoms with van der Waals surface area (Å²) < 4.78 is 16.4. The van der Waals surface area contributed by atoms with E-state index in [-0.39, 0.29) is 12.6 Å². The lowest BCUT2D eigenvalue weighted by atomic mass is 10.1. The number of methoxy groups -OCH3 is 1. The van der Waals surface area contributed by atoms with Gasteiger partial charge in [0, 0.05) is 12.6 Å². The van der Waals surface area contributed by atoms with Crippen molar-refractivity contribution in [1.82, 2.24) is 15.4 Å². The summed E-state index contributed by atoms with van der Waals surface area (Å²) in [6.45, 7) is 1.00. The lowest BCUT2D eigenvalue weighted by molar-refractivity contribution is 0.185. The molecule has 0 spiro atoms. The number of furan rings is 1. The summed E-state index contributed by atoms with van der Waals surface area (Å²) in [6.07, 6.45) is 1.59. The van der Waals surface area contributed by atoms with Gasteiger partial charge in [0.15, 0.2) is 5.76 Å². The lowest BCUT2D eigenvalue weighted by Crippen LogP contribution is -2.38. The van der Waals surface area contributed by atoms with Crippen LogP contribution >= 0.6 is 0 Å². The minimum atomic E-state index is -0.220. The Morgan fingerprint density at radius 2 is 1.84 bits per heavy atom. The van der Waals surface area contributed by atoms with Gasteiger partial charge in [-0.3, -0.25) is 0 Å². The summed E-state index contributed by atoms with van der Waals surface area (Å²) >= 11 is 0. The third-order valence-electron chi connectivity index (χ3n) is 4.78. The minimum Gasteiger partial charge on any atom is -0.496 e. The molecule has 4 rings (SSSR count). The van der Waals surface area contributed by atoms with Gasteiger partial charge in [0.25, 0.3) is 0 Å². The van der Waals surface area contributed by atoms with Crippen LogP contribution in [0.3, 0.4) is 0 Å². The van der Waals surface area contributed by atoms with E-state index >= 15 is 0 Å². The van der Waals surface area contributed by atoms with E-state index in [2.05, 4.69) is 10.5 Å². The molecule has 0 bridgehead atoms. The van der Waals surface area contributed by atoms with Gasteiger partial charge in [0.2, 0.25) is 0 Å². The Hall–Kier alpha value is -4.00. The molecule has 2 aromatic carbocycles. The molecule has 0 aliphatic heterocycles. The normalized spacial score (nSPS) is 10.6. The van der Waals surface area contributed by atoms with Gasteiger partial charge in [0.1, 0.15) is 17.2 Å². The van der Waals surface area contributed by atoms with Gasteiger partial charge >= 0.3 is 6.03 Å². The quantitative estimate of drug-likeness (QED) is 0.443. The zero-order chi connectivity index (χ0) is 21.5. The molecule has 0 saturated carbocycles. The summed E-state index contributed by atoms with van der Waals surface area (Å²) in [5.41, 5.74) is 2.45. The number of rotatable bonds is 8. The number of hydrogen-bond acceptors (Lipinski definition) is 5. The van der Waals surface area contributed by atoms with Crippen LogP contribution in [-0.4, -0.2) is 23.2 Å². The van der Waals surface area contributed by atoms with Crippen molar-refractivity contribution in [3.8, 4) is 17.1 Å². The molecule has 2 amide bonds. The van der Waals surface area contributed by atoms with Gasteiger partial charge in [-0.15, -0.1) is 0 Å². The number of aromatic nitrogens is 1. The molecule has 31 heavy (non-hydrogen) atoms. The highest BCUT2D eigenvalue weighted by molar-refractivity contribution is 5.74. The standard InChI is InChI=1S/C24H23N3O4/c1-29-22-12-6-5-11-21(22)23-14-19(26-31-23)16-27(17-20-10-7-13-30-20)24(28)25-15-18-8-3-2-4-9-18/h2-14H,15-17H2,1H3,(H,25,28). The van der Waals surface area contributed by atoms with E-state index in [1.807, 2.05) is 66.7 Å². The van der Waals surface area contributed by atoms with E-state index in [0.717, 1.165) is 11.1 Å². The largest absolute Gasteiger partial charge is 0.496 e. The van der Waals surface area contributed by atoms with Crippen molar-refractivity contribution < 1.29 is 18.5 Å². The summed E-state index contributed by atoms with van der Waals surface area (Å²) in [5.74, 6) is 1.96. The van der Waals surface area contributed by atoms with Crippen LogP contribution in [0.15, 0.2) is 88.0 Å². The summed E-state index contributed by atoms with van der Waals surface area (Å²) in [6, 6.07) is 22.5. The molecule has 7 heteroatoms. The van der Waals surface area contributed by atoms with Crippen LogP contribution in [0.1, 0.15) is 17.0 Å². The number of amides is 2. The van der Waals surface area contributed by atoms with Crippen molar-refractivity contribution in [3.05, 3.63) is 96.1 Å². The van der Waals surface area contributed by atoms with Crippen LogP contribution in [-0.2, 0) is 19.6 Å². The average Bonchev–Trinajstić information content (AvgIpc) is 3.50. The number of carbonyl (C=O) groups excluding carboxylic acids is 1. The van der Waals surface area contributed by atoms with E-state index in [9.17, 15) is 4.79 Å². The van der Waals surface area contributed by atoms with E-state index in [4.69, 9.17) is 13.7 Å². The summed E-state index contributed by atoms with van der Waals surface area (Å²) in [7, 11) is 1.61. The number of nitrogens with zero attached hydrogens (tertiary/aromatic N) is 2. The van der Waals surface area contributed by atoms with Crippen molar-refractivity contribution in [1.29, 1.82) is 0 Å². The fourth-order valence-electron chi connectivity index (χ4n) is 3.23. The van der Waals surface area contributed by atoms with Crippen LogP contribution in [0, 0.1) is 0 Å². The van der Waals surface area contributed by atoms with Crippen LogP contribution < -0.4 is 10.1 Å². The molecular formula is C24H23N3O4. The molecule has 0 radical (unpaired) electrons. The second-order valence-electron chi connectivity index (χ2n) is 6.96. The van der Waals surface area contributed by atoms with Crippen molar-refractivity contribution in [2.45, 2.75) is 19.6 Å². The maximum Gasteiger partial charge on any atom is 0.318 e. The zero-order valence-electron chi connectivity index (χ0n) is 17.2. The Bertz CT molecular complexity index is 1110. The highest BCUT2D eigenvalue weighted by Crippen LogP contribution is 2.30. The second-order valence-corrected chi connectivity index (χ2v) is 6.96. The molecule has 1 N–H and O–H groups in total. The molecule has 2 aromatic heterocycles.